The number of esters is 1. The van der Waals surface area contributed by atoms with Crippen molar-refractivity contribution in [1.29, 1.82) is 0 Å². The van der Waals surface area contributed by atoms with Crippen LogP contribution in [0.3, 0.4) is 0 Å². The van der Waals surface area contributed by atoms with Crippen LogP contribution in [0.15, 0.2) is 11.0 Å². The Labute approximate surface area is 224 Å². The molecule has 1 aromatic rings. The van der Waals surface area contributed by atoms with Crippen molar-refractivity contribution in [3.63, 3.8) is 0 Å². The fourth-order valence-electron chi connectivity index (χ4n) is 5.33. The van der Waals surface area contributed by atoms with Crippen LogP contribution in [0.2, 0.25) is 0 Å². The number of epoxide rings is 1. The van der Waals surface area contributed by atoms with E-state index in [2.05, 4.69) is 11.9 Å². The smallest absolute Gasteiger partial charge is 0.309 e. The van der Waals surface area contributed by atoms with Gasteiger partial charge in [-0.1, -0.05) is 34.1 Å². The molecule has 2 aliphatic heterocycles. The monoisotopic (exact) mass is 536 g/mol. The van der Waals surface area contributed by atoms with Gasteiger partial charge in [0, 0.05) is 24.3 Å². The second kappa shape index (κ2) is 12.0. The Morgan fingerprint density at radius 3 is 2.62 bits per heavy atom. The normalized spacial score (nSPS) is 36.1. The van der Waals surface area contributed by atoms with E-state index in [4.69, 9.17) is 15.2 Å². The number of nitrogens with two attached hydrogens (primary N) is 1. The number of nitrogens with zero attached hydrogens (tertiary/aromatic N) is 1. The number of carbonyl (C=O) groups is 2. The van der Waals surface area contributed by atoms with Crippen LogP contribution >= 0.6 is 11.3 Å². The molecule has 2 aliphatic rings. The summed E-state index contributed by atoms with van der Waals surface area (Å²) in [6, 6.07) is 0. The number of fused-ring (bicyclic) bond motifs is 1. The number of aromatic nitrogens is 1. The molecule has 0 aromatic carbocycles. The van der Waals surface area contributed by atoms with E-state index in [1.165, 1.54) is 11.3 Å². The highest BCUT2D eigenvalue weighted by Gasteiger charge is 2.53. The lowest BCUT2D eigenvalue weighted by Crippen LogP contribution is -2.46. The maximum absolute atomic E-state index is 13.5. The minimum Gasteiger partial charge on any atom is -0.458 e. The fraction of sp³-hybridized carbons (Fsp3) is 0.750. The van der Waals surface area contributed by atoms with E-state index in [1.54, 1.807) is 13.8 Å². The molecule has 37 heavy (non-hydrogen) atoms. The quantitative estimate of drug-likeness (QED) is 0.388. The molecule has 7 atom stereocenters. The van der Waals surface area contributed by atoms with Gasteiger partial charge < -0.3 is 25.4 Å². The molecule has 2 fully saturated rings. The second-order valence-electron chi connectivity index (χ2n) is 11.6. The van der Waals surface area contributed by atoms with Crippen LogP contribution in [0.5, 0.6) is 0 Å². The fourth-order valence-corrected chi connectivity index (χ4v) is 5.96. The van der Waals surface area contributed by atoms with Gasteiger partial charge in [-0.3, -0.25) is 9.59 Å². The standard InChI is InChI=1S/C28H44N2O6S/c1-7-19-25(33)16(2)9-8-10-28(6)22(36-28)12-20(17(3)11-18-15-37-23(14-29)30-18)35-24(32)13-21(31)27(4,5)26(19)34/h11,15-16,19-22,25,31,33H,7-10,12-14,29H2,1-6H3/t16-,19+,20-,21-,22-,25-,28+/m0/s1. The summed E-state index contributed by atoms with van der Waals surface area (Å²) in [5.41, 5.74) is 5.75. The molecule has 4 N–H and O–H groups in total. The van der Waals surface area contributed by atoms with Crippen LogP contribution in [0.4, 0.5) is 0 Å². The number of cyclic esters (lactones) is 1. The number of ketones is 1. The first-order chi connectivity index (χ1) is 17.3. The van der Waals surface area contributed by atoms with Crippen molar-refractivity contribution in [3.05, 3.63) is 21.7 Å². The van der Waals surface area contributed by atoms with Crippen LogP contribution in [0.25, 0.3) is 6.08 Å². The van der Waals surface area contributed by atoms with Gasteiger partial charge in [-0.2, -0.15) is 0 Å². The van der Waals surface area contributed by atoms with E-state index in [0.29, 0.717) is 19.4 Å². The molecule has 3 heterocycles. The first-order valence-electron chi connectivity index (χ1n) is 13.4. The van der Waals surface area contributed by atoms with Crippen molar-refractivity contribution in [2.24, 2.45) is 23.0 Å². The summed E-state index contributed by atoms with van der Waals surface area (Å²) in [6.45, 7) is 11.5. The lowest BCUT2D eigenvalue weighted by atomic mass is 9.71. The zero-order valence-corrected chi connectivity index (χ0v) is 23.8. The summed E-state index contributed by atoms with van der Waals surface area (Å²) in [5, 5.41) is 24.7. The molecular formula is C28H44N2O6S. The molecule has 0 spiro atoms. The van der Waals surface area contributed by atoms with Crippen molar-refractivity contribution in [1.82, 2.24) is 4.98 Å². The summed E-state index contributed by atoms with van der Waals surface area (Å²) in [6.07, 6.45) is 2.30. The van der Waals surface area contributed by atoms with Crippen molar-refractivity contribution >= 4 is 29.2 Å². The lowest BCUT2D eigenvalue weighted by molar-refractivity contribution is -0.154. The van der Waals surface area contributed by atoms with Crippen molar-refractivity contribution in [2.45, 2.75) is 117 Å². The summed E-state index contributed by atoms with van der Waals surface area (Å²) in [5.74, 6) is -1.50. The van der Waals surface area contributed by atoms with Crippen LogP contribution < -0.4 is 5.73 Å². The molecule has 0 unspecified atom stereocenters. The third-order valence-corrected chi connectivity index (χ3v) is 9.19. The van der Waals surface area contributed by atoms with Gasteiger partial charge in [-0.25, -0.2) is 4.98 Å². The van der Waals surface area contributed by atoms with E-state index in [-0.39, 0.29) is 29.8 Å². The largest absolute Gasteiger partial charge is 0.458 e. The predicted octanol–water partition coefficient (Wildman–Crippen LogP) is 4.02. The predicted molar refractivity (Wildman–Crippen MR) is 144 cm³/mol. The lowest BCUT2D eigenvalue weighted by Gasteiger charge is -2.35. The molecule has 3 rings (SSSR count). The number of Topliss-reactive ketones (excluding diaryl/α,β-unsaturated/α-hetero) is 1. The Hall–Kier alpha value is -1.65. The number of hydrogen-bond acceptors (Lipinski definition) is 9. The molecule has 9 heteroatoms. The zero-order chi connectivity index (χ0) is 27.5. The van der Waals surface area contributed by atoms with E-state index in [1.807, 2.05) is 32.2 Å². The Kier molecular flexibility index (Phi) is 9.72. The van der Waals surface area contributed by atoms with Crippen LogP contribution in [-0.2, 0) is 25.6 Å². The minimum absolute atomic E-state index is 0.0665. The van der Waals surface area contributed by atoms with Crippen LogP contribution in [0, 0.1) is 17.3 Å². The number of aliphatic hydroxyl groups is 2. The van der Waals surface area contributed by atoms with Gasteiger partial charge in [-0.15, -0.1) is 11.3 Å². The first kappa shape index (κ1) is 29.9. The van der Waals surface area contributed by atoms with Gasteiger partial charge in [0.05, 0.1) is 41.4 Å². The third kappa shape index (κ3) is 7.06. The van der Waals surface area contributed by atoms with Gasteiger partial charge in [0.25, 0.3) is 0 Å². The molecule has 0 radical (unpaired) electrons. The minimum atomic E-state index is -1.24. The second-order valence-corrected chi connectivity index (χ2v) is 12.5. The number of hydrogen-bond donors (Lipinski definition) is 3. The molecule has 1 aromatic heterocycles. The molecule has 208 valence electrons. The van der Waals surface area contributed by atoms with Crippen LogP contribution in [-0.4, -0.2) is 57.0 Å². The SMILES string of the molecule is CC[C@H]1C(=O)C(C)(C)[C@@H](O)CC(=O)O[C@H](C(C)=Cc2csc(CN)n2)C[C@@H]2O[C@]2(C)CCC[C@H](C)[C@@H]1O. The van der Waals surface area contributed by atoms with Crippen LogP contribution in [0.1, 0.15) is 90.8 Å². The Bertz CT molecular complexity index is 991. The summed E-state index contributed by atoms with van der Waals surface area (Å²) < 4.78 is 12.0. The molecule has 0 bridgehead atoms. The number of carbonyl (C=O) groups excluding carboxylic acids is 2. The summed E-state index contributed by atoms with van der Waals surface area (Å²) in [7, 11) is 0. The van der Waals surface area contributed by atoms with Crippen molar-refractivity contribution < 1.29 is 29.3 Å². The highest BCUT2D eigenvalue weighted by Crippen LogP contribution is 2.45. The van der Waals surface area contributed by atoms with Crippen molar-refractivity contribution in [2.75, 3.05) is 0 Å². The molecular weight excluding hydrogens is 492 g/mol. The average Bonchev–Trinajstić information content (AvgIpc) is 3.24. The van der Waals surface area contributed by atoms with Gasteiger partial charge in [-0.05, 0) is 50.7 Å². The maximum atomic E-state index is 13.5. The van der Waals surface area contributed by atoms with E-state index < -0.39 is 35.6 Å². The highest BCUT2D eigenvalue weighted by molar-refractivity contribution is 7.09. The Morgan fingerprint density at radius 2 is 2.00 bits per heavy atom. The number of aliphatic hydroxyl groups excluding tert-OH is 2. The Balaban J connectivity index is 1.87. The van der Waals surface area contributed by atoms with Gasteiger partial charge in [0.15, 0.2) is 0 Å². The molecule has 0 saturated carbocycles. The summed E-state index contributed by atoms with van der Waals surface area (Å²) >= 11 is 1.48. The maximum Gasteiger partial charge on any atom is 0.309 e. The Morgan fingerprint density at radius 1 is 1.30 bits per heavy atom. The summed E-state index contributed by atoms with van der Waals surface area (Å²) in [4.78, 5) is 31.0. The molecule has 2 saturated heterocycles. The topological polar surface area (TPSA) is 135 Å². The third-order valence-electron chi connectivity index (χ3n) is 8.30. The van der Waals surface area contributed by atoms with E-state index >= 15 is 0 Å². The molecule has 8 nitrogen and oxygen atoms in total. The molecule has 0 aliphatic carbocycles. The van der Waals surface area contributed by atoms with Crippen molar-refractivity contribution in [3.8, 4) is 0 Å². The average molecular weight is 537 g/mol. The first-order valence-corrected chi connectivity index (χ1v) is 14.3. The number of thiazole rings is 1. The number of ether oxygens (including phenoxy) is 2. The van der Waals surface area contributed by atoms with E-state index in [9.17, 15) is 19.8 Å². The van der Waals surface area contributed by atoms with Gasteiger partial charge in [0.1, 0.15) is 16.9 Å². The van der Waals surface area contributed by atoms with E-state index in [0.717, 1.165) is 35.5 Å². The molecule has 0 amide bonds. The highest BCUT2D eigenvalue weighted by atomic mass is 32.1. The number of rotatable bonds is 4. The van der Waals surface area contributed by atoms with Gasteiger partial charge >= 0.3 is 5.97 Å². The zero-order valence-electron chi connectivity index (χ0n) is 23.0. The van der Waals surface area contributed by atoms with Gasteiger partial charge in [0.2, 0.25) is 0 Å².